The van der Waals surface area contributed by atoms with Crippen LogP contribution in [0.3, 0.4) is 0 Å². The highest BCUT2D eigenvalue weighted by atomic mass is 35.5. The summed E-state index contributed by atoms with van der Waals surface area (Å²) in [7, 11) is 16.3. The van der Waals surface area contributed by atoms with Crippen LogP contribution in [0.5, 0.6) is 0 Å². The molecule has 1 aromatic carbocycles. The zero-order valence-corrected chi connectivity index (χ0v) is 6.68. The number of benzene rings is 1. The Morgan fingerprint density at radius 2 is 1.45 bits per heavy atom. The molecule has 0 N–H and O–H groups in total. The maximum atomic E-state index is 5.64. The molecule has 1 rings (SSSR count). The predicted octanol–water partition coefficient (Wildman–Crippen LogP) is 0.956. The second-order valence-corrected chi connectivity index (χ2v) is 2.88. The first-order valence-electron chi connectivity index (χ1n) is 3.13. The topological polar surface area (TPSA) is 0 Å². The van der Waals surface area contributed by atoms with Gasteiger partial charge >= 0.3 is 0 Å². The lowest BCUT2D eigenvalue weighted by molar-refractivity contribution is 1.24. The van der Waals surface area contributed by atoms with Gasteiger partial charge in [-0.2, -0.15) is 0 Å². The van der Waals surface area contributed by atoms with Gasteiger partial charge in [-0.05, 0) is 12.1 Å². The molecular weight excluding hydrogens is 152 g/mol. The van der Waals surface area contributed by atoms with Gasteiger partial charge in [-0.1, -0.05) is 29.3 Å². The molecule has 0 bridgehead atoms. The average Bonchev–Trinajstić information content (AvgIpc) is 1.86. The molecule has 48 valence electrons. The minimum Gasteiger partial charge on any atom is -0.106 e. The molecule has 0 aromatic heterocycles. The van der Waals surface area contributed by atoms with Crippen molar-refractivity contribution in [2.75, 3.05) is 0 Å². The van der Waals surface area contributed by atoms with E-state index < -0.39 is 5.11 Å². The van der Waals surface area contributed by atoms with Crippen LogP contribution in [-0.2, 0) is 5.11 Å². The average molecular weight is 156 g/mol. The SMILES string of the molecule is [B]C([B])([B])c1ccc(Cl)cc1. The maximum absolute atomic E-state index is 5.64. The molecule has 1 aromatic rings. The van der Waals surface area contributed by atoms with E-state index in [1.165, 1.54) is 0 Å². The second-order valence-electron chi connectivity index (χ2n) is 2.44. The highest BCUT2D eigenvalue weighted by molar-refractivity contribution is 6.58. The Kier molecular flexibility index (Phi) is 2.38. The summed E-state index contributed by atoms with van der Waals surface area (Å²) in [5, 5.41) is -0.636. The van der Waals surface area contributed by atoms with Gasteiger partial charge in [0.2, 0.25) is 0 Å². The van der Waals surface area contributed by atoms with E-state index in [0.29, 0.717) is 10.6 Å². The standard InChI is InChI=1S/C7H4B3Cl/c8-7(9,10)5-1-3-6(11)4-2-5/h1-4H. The Labute approximate surface area is 75.6 Å². The van der Waals surface area contributed by atoms with Gasteiger partial charge in [0.15, 0.2) is 0 Å². The third kappa shape index (κ3) is 2.34. The third-order valence-electron chi connectivity index (χ3n) is 1.34. The summed E-state index contributed by atoms with van der Waals surface area (Å²) >= 11 is 5.64. The number of rotatable bonds is 1. The summed E-state index contributed by atoms with van der Waals surface area (Å²) in [4.78, 5) is 0. The Morgan fingerprint density at radius 1 is 1.00 bits per heavy atom. The monoisotopic (exact) mass is 156 g/mol. The summed E-state index contributed by atoms with van der Waals surface area (Å²) in [5.41, 5.74) is 0.655. The molecule has 0 amide bonds. The van der Waals surface area contributed by atoms with Crippen molar-refractivity contribution in [3.05, 3.63) is 34.9 Å². The van der Waals surface area contributed by atoms with Crippen molar-refractivity contribution in [2.24, 2.45) is 0 Å². The fourth-order valence-electron chi connectivity index (χ4n) is 0.739. The van der Waals surface area contributed by atoms with Gasteiger partial charge in [-0.25, -0.2) is 0 Å². The van der Waals surface area contributed by atoms with E-state index in [-0.39, 0.29) is 0 Å². The molecule has 0 fully saturated rings. The molecule has 0 aliphatic carbocycles. The Balaban J connectivity index is 2.99. The highest BCUT2D eigenvalue weighted by Crippen LogP contribution is 2.16. The molecular formula is C7H4B3Cl. The summed E-state index contributed by atoms with van der Waals surface area (Å²) in [6, 6.07) is 6.78. The minimum absolute atomic E-state index is 0.637. The van der Waals surface area contributed by atoms with Crippen LogP contribution in [0, 0.1) is 0 Å². The van der Waals surface area contributed by atoms with E-state index >= 15 is 0 Å². The van der Waals surface area contributed by atoms with Crippen LogP contribution in [0.2, 0.25) is 5.02 Å². The molecule has 6 radical (unpaired) electrons. The predicted molar refractivity (Wildman–Crippen MR) is 50.4 cm³/mol. The van der Waals surface area contributed by atoms with E-state index in [4.69, 9.17) is 35.1 Å². The van der Waals surface area contributed by atoms with Crippen molar-refractivity contribution >= 4 is 35.1 Å². The molecule has 0 spiro atoms. The van der Waals surface area contributed by atoms with E-state index in [9.17, 15) is 0 Å². The van der Waals surface area contributed by atoms with Crippen molar-refractivity contribution < 1.29 is 0 Å². The first kappa shape index (κ1) is 8.80. The van der Waals surface area contributed by atoms with Crippen molar-refractivity contribution in [1.82, 2.24) is 0 Å². The number of hydrogen-bond acceptors (Lipinski definition) is 0. The van der Waals surface area contributed by atoms with Gasteiger partial charge in [0.05, 0.1) is 23.5 Å². The minimum atomic E-state index is -1.27. The van der Waals surface area contributed by atoms with Crippen LogP contribution < -0.4 is 0 Å². The Bertz CT molecular complexity index is 237. The van der Waals surface area contributed by atoms with E-state index in [1.54, 1.807) is 24.3 Å². The third-order valence-corrected chi connectivity index (χ3v) is 1.60. The van der Waals surface area contributed by atoms with Crippen LogP contribution >= 0.6 is 11.6 Å². The summed E-state index contributed by atoms with van der Waals surface area (Å²) in [5.74, 6) is 0. The Morgan fingerprint density at radius 3 is 1.82 bits per heavy atom. The lowest BCUT2D eigenvalue weighted by Crippen LogP contribution is -2.26. The molecule has 0 heterocycles. The van der Waals surface area contributed by atoms with Gasteiger partial charge in [-0.3, -0.25) is 0 Å². The first-order valence-corrected chi connectivity index (χ1v) is 3.50. The molecule has 4 heteroatoms. The maximum Gasteiger partial charge on any atom is 0.0563 e. The van der Waals surface area contributed by atoms with Crippen LogP contribution in [0.15, 0.2) is 24.3 Å². The van der Waals surface area contributed by atoms with E-state index in [0.717, 1.165) is 0 Å². The molecule has 11 heavy (non-hydrogen) atoms. The fourth-order valence-corrected chi connectivity index (χ4v) is 0.865. The Hall–Kier alpha value is -0.295. The molecule has 0 nitrogen and oxygen atoms in total. The largest absolute Gasteiger partial charge is 0.106 e. The fraction of sp³-hybridized carbons (Fsp3) is 0.143. The lowest BCUT2D eigenvalue weighted by atomic mass is 9.40. The van der Waals surface area contributed by atoms with Gasteiger partial charge in [0.1, 0.15) is 0 Å². The first-order chi connectivity index (χ1) is 5.00. The smallest absolute Gasteiger partial charge is 0.0563 e. The van der Waals surface area contributed by atoms with E-state index in [2.05, 4.69) is 0 Å². The molecule has 0 saturated heterocycles. The van der Waals surface area contributed by atoms with Gasteiger partial charge in [-0.15, -0.1) is 5.11 Å². The number of halogens is 1. The number of hydrogen-bond donors (Lipinski definition) is 0. The van der Waals surface area contributed by atoms with Crippen LogP contribution in [0.25, 0.3) is 0 Å². The van der Waals surface area contributed by atoms with Crippen molar-refractivity contribution in [1.29, 1.82) is 0 Å². The van der Waals surface area contributed by atoms with Crippen LogP contribution in [-0.4, -0.2) is 23.5 Å². The quantitative estimate of drug-likeness (QED) is 0.531. The van der Waals surface area contributed by atoms with Crippen molar-refractivity contribution in [3.8, 4) is 0 Å². The molecule has 0 saturated carbocycles. The van der Waals surface area contributed by atoms with Crippen LogP contribution in [0.1, 0.15) is 5.56 Å². The normalized spacial score (nSPS) is 11.4. The molecule has 0 atom stereocenters. The zero-order valence-electron chi connectivity index (χ0n) is 5.92. The zero-order chi connectivity index (χ0) is 8.48. The van der Waals surface area contributed by atoms with Crippen LogP contribution in [0.4, 0.5) is 0 Å². The summed E-state index contributed by atoms with van der Waals surface area (Å²) < 4.78 is 0. The summed E-state index contributed by atoms with van der Waals surface area (Å²) in [6.07, 6.45) is 0. The van der Waals surface area contributed by atoms with E-state index in [1.807, 2.05) is 0 Å². The molecule has 0 unspecified atom stereocenters. The second kappa shape index (κ2) is 2.98. The van der Waals surface area contributed by atoms with Crippen molar-refractivity contribution in [2.45, 2.75) is 5.11 Å². The highest BCUT2D eigenvalue weighted by Gasteiger charge is 2.10. The lowest BCUT2D eigenvalue weighted by Gasteiger charge is -2.19. The molecule has 0 aliphatic heterocycles. The van der Waals surface area contributed by atoms with Gasteiger partial charge in [0.25, 0.3) is 0 Å². The summed E-state index contributed by atoms with van der Waals surface area (Å²) in [6.45, 7) is 0. The molecule has 0 aliphatic rings. The van der Waals surface area contributed by atoms with Gasteiger partial charge < -0.3 is 0 Å². The van der Waals surface area contributed by atoms with Crippen molar-refractivity contribution in [3.63, 3.8) is 0 Å². The van der Waals surface area contributed by atoms with Gasteiger partial charge in [0, 0.05) is 5.02 Å².